The highest BCUT2D eigenvalue weighted by molar-refractivity contribution is 6.53. The summed E-state index contributed by atoms with van der Waals surface area (Å²) in [6.07, 6.45) is 0. The van der Waals surface area contributed by atoms with Gasteiger partial charge < -0.3 is 27.5 Å². The van der Waals surface area contributed by atoms with Crippen molar-refractivity contribution in [3.05, 3.63) is 35.9 Å². The summed E-state index contributed by atoms with van der Waals surface area (Å²) >= 11 is 0. The molecule has 0 saturated heterocycles. The van der Waals surface area contributed by atoms with Gasteiger partial charge in [-0.05, 0) is 6.92 Å². The molecule has 0 aromatic heterocycles. The van der Waals surface area contributed by atoms with Crippen molar-refractivity contribution in [3.8, 4) is 0 Å². The van der Waals surface area contributed by atoms with Gasteiger partial charge in [0.2, 0.25) is 5.79 Å². The van der Waals surface area contributed by atoms with Crippen molar-refractivity contribution < 1.29 is 27.5 Å². The van der Waals surface area contributed by atoms with Gasteiger partial charge in [-0.3, -0.25) is 0 Å². The van der Waals surface area contributed by atoms with Gasteiger partial charge in [0.25, 0.3) is 0 Å². The van der Waals surface area contributed by atoms with E-state index in [0.717, 1.165) is 0 Å². The molecule has 0 radical (unpaired) electrons. The molecule has 6 nitrogen and oxygen atoms in total. The molecule has 0 bridgehead atoms. The lowest BCUT2D eigenvalue weighted by Crippen LogP contribution is -2.55. The Morgan fingerprint density at radius 3 is 2.10 bits per heavy atom. The van der Waals surface area contributed by atoms with Crippen LogP contribution in [0.25, 0.3) is 0 Å². The fraction of sp³-hybridized carbons (Fsp3) is 0.538. The van der Waals surface area contributed by atoms with Crippen LogP contribution in [0.4, 0.5) is 0 Å². The van der Waals surface area contributed by atoms with Gasteiger partial charge >= 0.3 is 9.05 Å². The third-order valence-corrected chi connectivity index (χ3v) is 5.08. The Balaban J connectivity index is 3.13. The predicted octanol–water partition coefficient (Wildman–Crippen LogP) is 1.26. The zero-order valence-electron chi connectivity index (χ0n) is 12.3. The smallest absolute Gasteiger partial charge is 0.390 e. The summed E-state index contributed by atoms with van der Waals surface area (Å²) in [4.78, 5) is 0. The molecule has 0 saturated carbocycles. The zero-order valence-corrected chi connectivity index (χ0v) is 13.3. The minimum atomic E-state index is -3.39. The van der Waals surface area contributed by atoms with Crippen LogP contribution in [0.2, 0.25) is 0 Å². The summed E-state index contributed by atoms with van der Waals surface area (Å²) in [6, 6.07) is 9.09. The maximum Gasteiger partial charge on any atom is 0.681 e. The highest BCUT2D eigenvalue weighted by Gasteiger charge is 2.52. The number of aliphatic hydroxyl groups is 1. The van der Waals surface area contributed by atoms with Crippen LogP contribution in [0.5, 0.6) is 0 Å². The number of aliphatic hydroxyl groups excluding tert-OH is 1. The monoisotopic (exact) mass is 302 g/mol. The minimum Gasteiger partial charge on any atom is -0.390 e. The van der Waals surface area contributed by atoms with Crippen molar-refractivity contribution in [1.29, 1.82) is 0 Å². The van der Waals surface area contributed by atoms with E-state index in [1.54, 1.807) is 19.1 Å². The van der Waals surface area contributed by atoms with Crippen molar-refractivity contribution in [3.63, 3.8) is 0 Å². The molecule has 7 heteroatoms. The van der Waals surface area contributed by atoms with Crippen LogP contribution in [0.1, 0.15) is 12.5 Å². The van der Waals surface area contributed by atoms with Gasteiger partial charge in [0.05, 0.1) is 0 Å². The van der Waals surface area contributed by atoms with Gasteiger partial charge in [0.15, 0.2) is 0 Å². The van der Waals surface area contributed by atoms with Gasteiger partial charge in [-0.15, -0.1) is 0 Å². The quantitative estimate of drug-likeness (QED) is 0.547. The van der Waals surface area contributed by atoms with E-state index in [1.165, 1.54) is 21.3 Å². The summed E-state index contributed by atoms with van der Waals surface area (Å²) in [5, 5.41) is 9.76. The second kappa shape index (κ2) is 7.84. The van der Waals surface area contributed by atoms with Crippen LogP contribution in [0.15, 0.2) is 30.3 Å². The van der Waals surface area contributed by atoms with Crippen LogP contribution in [-0.4, -0.2) is 48.7 Å². The first-order valence-electron chi connectivity index (χ1n) is 6.28. The molecule has 0 amide bonds. The number of rotatable bonds is 9. The molecule has 1 N–H and O–H groups in total. The Kier molecular flexibility index (Phi) is 6.76. The second-order valence-corrected chi connectivity index (χ2v) is 6.23. The van der Waals surface area contributed by atoms with Crippen LogP contribution in [0.3, 0.4) is 0 Å². The van der Waals surface area contributed by atoms with Crippen molar-refractivity contribution in [2.75, 3.05) is 34.5 Å². The van der Waals surface area contributed by atoms with Crippen molar-refractivity contribution >= 4 is 9.05 Å². The maximum absolute atomic E-state index is 9.76. The SMILES string of the molecule is CCO[Si](OC)(OC)OC(CO)(OC)c1ccccc1. The molecule has 0 aliphatic heterocycles. The van der Waals surface area contributed by atoms with Crippen molar-refractivity contribution in [2.45, 2.75) is 12.7 Å². The Hall–Kier alpha value is -0.803. The van der Waals surface area contributed by atoms with E-state index in [1.807, 2.05) is 18.2 Å². The Morgan fingerprint density at radius 1 is 1.10 bits per heavy atom. The molecule has 1 atom stereocenters. The summed E-state index contributed by atoms with van der Waals surface area (Å²) in [5.41, 5.74) is 0.649. The fourth-order valence-electron chi connectivity index (χ4n) is 1.79. The number of methoxy groups -OCH3 is 1. The molecule has 1 rings (SSSR count). The maximum atomic E-state index is 9.76. The lowest BCUT2D eigenvalue weighted by molar-refractivity contribution is -0.238. The fourth-order valence-corrected chi connectivity index (χ4v) is 3.44. The third-order valence-electron chi connectivity index (χ3n) is 2.86. The number of hydrogen-bond donors (Lipinski definition) is 1. The van der Waals surface area contributed by atoms with Gasteiger partial charge in [0.1, 0.15) is 6.61 Å². The van der Waals surface area contributed by atoms with E-state index >= 15 is 0 Å². The molecule has 0 spiro atoms. The molecule has 114 valence electrons. The van der Waals surface area contributed by atoms with Gasteiger partial charge in [-0.25, -0.2) is 0 Å². The topological polar surface area (TPSA) is 66.4 Å². The molecule has 0 heterocycles. The van der Waals surface area contributed by atoms with E-state index in [-0.39, 0.29) is 0 Å². The molecule has 0 aliphatic rings. The molecule has 0 fully saturated rings. The Labute approximate surface area is 120 Å². The first-order chi connectivity index (χ1) is 9.62. The lowest BCUT2D eigenvalue weighted by atomic mass is 10.1. The average Bonchev–Trinajstić information content (AvgIpc) is 2.53. The largest absolute Gasteiger partial charge is 0.681 e. The highest BCUT2D eigenvalue weighted by Crippen LogP contribution is 2.30. The molecule has 1 aromatic carbocycles. The van der Waals surface area contributed by atoms with E-state index in [4.69, 9.17) is 22.4 Å². The van der Waals surface area contributed by atoms with Crippen LogP contribution in [0, 0.1) is 0 Å². The second-order valence-electron chi connectivity index (χ2n) is 3.92. The molecule has 1 aromatic rings. The summed E-state index contributed by atoms with van der Waals surface area (Å²) in [6.45, 7) is 1.76. The first-order valence-corrected chi connectivity index (χ1v) is 7.91. The molecule has 20 heavy (non-hydrogen) atoms. The van der Waals surface area contributed by atoms with Gasteiger partial charge in [-0.2, -0.15) is 0 Å². The van der Waals surface area contributed by atoms with E-state index in [0.29, 0.717) is 12.2 Å². The van der Waals surface area contributed by atoms with Crippen molar-refractivity contribution in [2.24, 2.45) is 0 Å². The highest BCUT2D eigenvalue weighted by atomic mass is 28.4. The third kappa shape index (κ3) is 3.64. The van der Waals surface area contributed by atoms with Gasteiger partial charge in [0, 0.05) is 33.5 Å². The summed E-state index contributed by atoms with van der Waals surface area (Å²) < 4.78 is 27.3. The Morgan fingerprint density at radius 2 is 1.70 bits per heavy atom. The number of hydrogen-bond acceptors (Lipinski definition) is 6. The van der Waals surface area contributed by atoms with E-state index in [9.17, 15) is 5.11 Å². The van der Waals surface area contributed by atoms with E-state index in [2.05, 4.69) is 0 Å². The minimum absolute atomic E-state index is 0.355. The van der Waals surface area contributed by atoms with Gasteiger partial charge in [-0.1, -0.05) is 30.3 Å². The lowest BCUT2D eigenvalue weighted by Gasteiger charge is -2.37. The predicted molar refractivity (Wildman–Crippen MR) is 74.7 cm³/mol. The Bertz CT molecular complexity index is 378. The molecular weight excluding hydrogens is 280 g/mol. The molecular formula is C13H22O6Si. The summed E-state index contributed by atoms with van der Waals surface area (Å²) in [7, 11) is 0.933. The molecule has 1 unspecified atom stereocenters. The molecule has 0 aliphatic carbocycles. The first kappa shape index (κ1) is 17.2. The van der Waals surface area contributed by atoms with Crippen LogP contribution in [-0.2, 0) is 28.2 Å². The summed E-state index contributed by atoms with van der Waals surface area (Å²) in [5.74, 6) is -1.39. The van der Waals surface area contributed by atoms with E-state index < -0.39 is 21.4 Å². The normalized spacial score (nSPS) is 15.1. The average molecular weight is 302 g/mol. The number of benzene rings is 1. The van der Waals surface area contributed by atoms with Crippen LogP contribution < -0.4 is 0 Å². The van der Waals surface area contributed by atoms with Crippen molar-refractivity contribution in [1.82, 2.24) is 0 Å². The number of ether oxygens (including phenoxy) is 1. The van der Waals surface area contributed by atoms with Crippen LogP contribution >= 0.6 is 0 Å². The standard InChI is InChI=1S/C13H22O6Si/c1-5-18-20(16-3,17-4)19-13(11-14,15-2)12-9-7-6-8-10-12/h6-10,14H,5,11H2,1-4H3. The zero-order chi connectivity index (χ0) is 15.1.